The summed E-state index contributed by atoms with van der Waals surface area (Å²) in [5.74, 6) is -3.22. The summed E-state index contributed by atoms with van der Waals surface area (Å²) in [7, 11) is 0. The summed E-state index contributed by atoms with van der Waals surface area (Å²) in [6.45, 7) is -3.91. The fraction of sp³-hybridized carbons (Fsp3) is 0.471. The average molecular weight is 1410 g/mol. The van der Waals surface area contributed by atoms with E-state index in [9.17, 15) is 74.7 Å². The number of amides is 6. The van der Waals surface area contributed by atoms with Gasteiger partial charge in [-0.15, -0.1) is 0 Å². The van der Waals surface area contributed by atoms with Crippen LogP contribution in [0.25, 0.3) is 0 Å². The lowest BCUT2D eigenvalue weighted by Crippen LogP contribution is -2.42. The number of nitrogens with zero attached hydrogens (tertiary/aromatic N) is 2. The monoisotopic (exact) mass is 1410 g/mol. The summed E-state index contributed by atoms with van der Waals surface area (Å²) in [6.07, 6.45) is -6.30. The summed E-state index contributed by atoms with van der Waals surface area (Å²) in [6, 6.07) is 0. The quantitative estimate of drug-likeness (QED) is 0.0377. The first kappa shape index (κ1) is 54.7. The molecule has 0 aliphatic carbocycles. The Morgan fingerprint density at radius 3 is 1.05 bits per heavy atom. The third-order valence-corrected chi connectivity index (χ3v) is 13.6. The smallest absolute Gasteiger partial charge is 0.253 e. The Balaban J connectivity index is 2.74. The summed E-state index contributed by atoms with van der Waals surface area (Å²) in [5.41, 5.74) is -0.393. The maximum atomic E-state index is 13.5. The van der Waals surface area contributed by atoms with Gasteiger partial charge in [0, 0.05) is 33.3 Å². The van der Waals surface area contributed by atoms with Gasteiger partial charge in [-0.25, -0.2) is 0 Å². The Morgan fingerprint density at radius 2 is 0.750 bits per heavy atom. The maximum Gasteiger partial charge on any atom is 0.253 e. The van der Waals surface area contributed by atoms with Crippen molar-refractivity contribution in [3.8, 4) is 0 Å². The molecule has 26 heteroatoms. The molecule has 0 bridgehead atoms. The molecule has 60 heavy (non-hydrogen) atoms. The maximum absolute atomic E-state index is 13.5. The molecule has 5 unspecified atom stereocenters. The Hall–Kier alpha value is -1.45. The van der Waals surface area contributed by atoms with Crippen LogP contribution in [0, 0.1) is 24.8 Å². The summed E-state index contributed by atoms with van der Waals surface area (Å²) in [5, 5.41) is 97.7. The van der Waals surface area contributed by atoms with E-state index in [2.05, 4.69) is 21.3 Å². The van der Waals surface area contributed by atoms with E-state index in [1.54, 1.807) is 113 Å². The first-order chi connectivity index (χ1) is 28.3. The minimum absolute atomic E-state index is 0.0186. The highest BCUT2D eigenvalue weighted by molar-refractivity contribution is 14.1. The Bertz CT molecular complexity index is 1660. The second-order valence-electron chi connectivity index (χ2n) is 12.7. The van der Waals surface area contributed by atoms with Gasteiger partial charge in [-0.1, -0.05) is 0 Å². The molecular formula is C34H43I5N6O15. The Labute approximate surface area is 411 Å². The van der Waals surface area contributed by atoms with Gasteiger partial charge >= 0.3 is 0 Å². The van der Waals surface area contributed by atoms with Crippen LogP contribution in [-0.4, -0.2) is 179 Å². The van der Waals surface area contributed by atoms with Crippen LogP contribution >= 0.6 is 113 Å². The zero-order chi connectivity index (χ0) is 45.6. The van der Waals surface area contributed by atoms with Crippen LogP contribution in [0.3, 0.4) is 0 Å². The zero-order valence-electron chi connectivity index (χ0n) is 31.4. The highest BCUT2D eigenvalue weighted by atomic mass is 127. The van der Waals surface area contributed by atoms with Gasteiger partial charge in [0.05, 0.1) is 114 Å². The van der Waals surface area contributed by atoms with Gasteiger partial charge < -0.3 is 77.0 Å². The van der Waals surface area contributed by atoms with Crippen LogP contribution in [0.4, 0.5) is 11.4 Å². The lowest BCUT2D eigenvalue weighted by molar-refractivity contribution is -0.108. The first-order valence-electron chi connectivity index (χ1n) is 17.4. The molecule has 2 aromatic carbocycles. The standard InChI is InChI=1S/C34H43I5N6O15/c1-14-20(31(57)40-2-15(52)8-46)24(35)21(32(58)41-3-16(53)9-47)26(37)29(14)44(12-50)6-19(56)7-45(13-51)30-27(38)22(33(59)42-4-17(54)10-48)25(36)23(28(30)39)34(60)43-5-18(55)11-49/h12-13,15-19,46-49,52-56H,2-11H2,1H3,(H,40,57)(H,41,58)(H,42,59)(H,43,60). The predicted molar refractivity (Wildman–Crippen MR) is 256 cm³/mol. The normalized spacial score (nSPS) is 13.7. The Kier molecular flexibility index (Phi) is 24.0. The number of aliphatic hydroxyl groups is 9. The summed E-state index contributed by atoms with van der Waals surface area (Å²) < 4.78 is 0.541. The van der Waals surface area contributed by atoms with E-state index in [-0.39, 0.29) is 83.2 Å². The highest BCUT2D eigenvalue weighted by Crippen LogP contribution is 2.39. The minimum atomic E-state index is -1.61. The van der Waals surface area contributed by atoms with Crippen molar-refractivity contribution in [1.82, 2.24) is 21.3 Å². The van der Waals surface area contributed by atoms with E-state index in [0.717, 1.165) is 9.80 Å². The van der Waals surface area contributed by atoms with E-state index in [1.807, 2.05) is 0 Å². The van der Waals surface area contributed by atoms with E-state index in [1.165, 1.54) is 6.92 Å². The topological polar surface area (TPSA) is 339 Å². The average Bonchev–Trinajstić information content (AvgIpc) is 3.21. The van der Waals surface area contributed by atoms with Crippen molar-refractivity contribution in [2.24, 2.45) is 0 Å². The van der Waals surface area contributed by atoms with Gasteiger partial charge in [0.15, 0.2) is 0 Å². The number of halogens is 5. The molecule has 0 aromatic heterocycles. The molecule has 2 rings (SSSR count). The van der Waals surface area contributed by atoms with Crippen LogP contribution in [0.1, 0.15) is 47.0 Å². The third-order valence-electron chi connectivity index (χ3n) is 8.28. The van der Waals surface area contributed by atoms with Crippen LogP contribution in [0.15, 0.2) is 0 Å². The predicted octanol–water partition coefficient (Wildman–Crippen LogP) is -2.66. The van der Waals surface area contributed by atoms with Crippen LogP contribution in [0.2, 0.25) is 0 Å². The molecule has 0 heterocycles. The van der Waals surface area contributed by atoms with E-state index in [0.29, 0.717) is 12.8 Å². The minimum Gasteiger partial charge on any atom is -0.394 e. The molecule has 2 aromatic rings. The molecule has 0 aliphatic rings. The van der Waals surface area contributed by atoms with Gasteiger partial charge in [-0.2, -0.15) is 0 Å². The number of carbonyl (C=O) groups is 6. The second kappa shape index (κ2) is 26.4. The fourth-order valence-electron chi connectivity index (χ4n) is 5.24. The second-order valence-corrected chi connectivity index (χ2v) is 18.1. The SMILES string of the molecule is Cc1c(C(=O)NCC(O)CO)c(I)c(C(=O)NCC(O)CO)c(I)c1N(C=O)CC(O)CN(C=O)c1c(I)c(C(=O)NCC(O)CO)c(I)c(C(=O)NCC(O)CO)c1I. The molecule has 0 radical (unpaired) electrons. The number of benzene rings is 2. The molecule has 13 N–H and O–H groups in total. The molecule has 0 saturated heterocycles. The van der Waals surface area contributed by atoms with Gasteiger partial charge in [0.2, 0.25) is 12.8 Å². The van der Waals surface area contributed by atoms with Crippen molar-refractivity contribution in [2.75, 3.05) is 75.5 Å². The number of hydrogen-bond donors (Lipinski definition) is 13. The van der Waals surface area contributed by atoms with E-state index < -0.39 is 93.7 Å². The van der Waals surface area contributed by atoms with Crippen molar-refractivity contribution >= 4 is 161 Å². The molecule has 0 aliphatic heterocycles. The van der Waals surface area contributed by atoms with Crippen LogP contribution < -0.4 is 31.1 Å². The molecular weight excluding hydrogens is 1370 g/mol. The number of aliphatic hydroxyl groups excluding tert-OH is 9. The van der Waals surface area contributed by atoms with Crippen molar-refractivity contribution in [3.63, 3.8) is 0 Å². The first-order valence-corrected chi connectivity index (χ1v) is 22.8. The van der Waals surface area contributed by atoms with Gasteiger partial charge in [-0.3, -0.25) is 28.8 Å². The molecule has 5 atom stereocenters. The van der Waals surface area contributed by atoms with Crippen LogP contribution in [-0.2, 0) is 9.59 Å². The van der Waals surface area contributed by atoms with Gasteiger partial charge in [0.1, 0.15) is 0 Å². The fourth-order valence-corrected chi connectivity index (χ4v) is 12.9. The van der Waals surface area contributed by atoms with Crippen molar-refractivity contribution in [2.45, 2.75) is 37.4 Å². The molecule has 0 fully saturated rings. The van der Waals surface area contributed by atoms with Gasteiger partial charge in [-0.05, 0) is 125 Å². The molecule has 0 spiro atoms. The zero-order valence-corrected chi connectivity index (χ0v) is 42.2. The lowest BCUT2D eigenvalue weighted by Gasteiger charge is -2.30. The largest absolute Gasteiger partial charge is 0.394 e. The third kappa shape index (κ3) is 14.3. The number of anilines is 2. The number of hydrogen-bond acceptors (Lipinski definition) is 15. The summed E-state index contributed by atoms with van der Waals surface area (Å²) >= 11 is 8.78. The molecule has 334 valence electrons. The van der Waals surface area contributed by atoms with Gasteiger partial charge in [0.25, 0.3) is 23.6 Å². The van der Waals surface area contributed by atoms with E-state index >= 15 is 0 Å². The molecule has 0 saturated carbocycles. The van der Waals surface area contributed by atoms with Crippen LogP contribution in [0.5, 0.6) is 0 Å². The lowest BCUT2D eigenvalue weighted by atomic mass is 10.00. The number of nitrogens with one attached hydrogen (secondary N) is 4. The highest BCUT2D eigenvalue weighted by Gasteiger charge is 2.33. The van der Waals surface area contributed by atoms with Crippen molar-refractivity contribution in [3.05, 3.63) is 45.7 Å². The number of carbonyl (C=O) groups excluding carboxylic acids is 6. The Morgan fingerprint density at radius 1 is 0.483 bits per heavy atom. The molecule has 21 nitrogen and oxygen atoms in total. The molecule has 6 amide bonds. The van der Waals surface area contributed by atoms with Crippen molar-refractivity contribution < 1.29 is 74.7 Å². The number of rotatable bonds is 24. The van der Waals surface area contributed by atoms with E-state index in [4.69, 9.17) is 0 Å². The van der Waals surface area contributed by atoms with Crippen molar-refractivity contribution in [1.29, 1.82) is 0 Å². The summed E-state index contributed by atoms with van der Waals surface area (Å²) in [4.78, 5) is 81.7.